The van der Waals surface area contributed by atoms with E-state index in [1.54, 1.807) is 6.08 Å². The van der Waals surface area contributed by atoms with E-state index in [1.165, 1.54) is 30.3 Å². The molecule has 0 spiro atoms. The Kier molecular flexibility index (Phi) is 7.68. The highest BCUT2D eigenvalue weighted by Gasteiger charge is 2.23. The monoisotopic (exact) mass is 361 g/mol. The Labute approximate surface area is 149 Å². The number of carboxylic acid groups (broad SMARTS) is 2. The van der Waals surface area contributed by atoms with Crippen molar-refractivity contribution in [2.45, 2.75) is 25.8 Å². The highest BCUT2D eigenvalue weighted by molar-refractivity contribution is 6.45. The van der Waals surface area contributed by atoms with E-state index < -0.39 is 36.2 Å². The van der Waals surface area contributed by atoms with Gasteiger partial charge in [0.15, 0.2) is 0 Å². The van der Waals surface area contributed by atoms with Gasteiger partial charge in [-0.2, -0.15) is 0 Å². The molecule has 9 nitrogen and oxygen atoms in total. The minimum Gasteiger partial charge on any atom is -0.481 e. The number of carboxylic acids is 2. The Morgan fingerprint density at radius 1 is 1.15 bits per heavy atom. The highest BCUT2D eigenvalue weighted by atomic mass is 16.4. The maximum Gasteiger partial charge on any atom is 0.326 e. The van der Waals surface area contributed by atoms with Crippen LogP contribution in [0.4, 0.5) is 5.69 Å². The summed E-state index contributed by atoms with van der Waals surface area (Å²) in [5.41, 5.74) is 0.230. The Morgan fingerprint density at radius 2 is 1.77 bits per heavy atom. The number of hydrogen-bond acceptors (Lipinski definition) is 5. The fourth-order valence-electron chi connectivity index (χ4n) is 1.83. The first-order valence-electron chi connectivity index (χ1n) is 7.66. The van der Waals surface area contributed by atoms with Crippen LogP contribution in [-0.4, -0.2) is 45.7 Å². The Hall–Kier alpha value is -3.49. The summed E-state index contributed by atoms with van der Waals surface area (Å²) in [6, 6.07) is 3.96. The summed E-state index contributed by atoms with van der Waals surface area (Å²) in [5, 5.41) is 29.7. The molecule has 0 heterocycles. The van der Waals surface area contributed by atoms with E-state index in [2.05, 4.69) is 10.6 Å². The molecule has 138 valence electrons. The second kappa shape index (κ2) is 9.72. The number of benzene rings is 1. The summed E-state index contributed by atoms with van der Waals surface area (Å²) in [4.78, 5) is 45.4. The van der Waals surface area contributed by atoms with Gasteiger partial charge in [-0.25, -0.2) is 4.79 Å². The average molecular weight is 361 g/mol. The second-order valence-corrected chi connectivity index (χ2v) is 5.22. The molecule has 2 amide bonds. The zero-order chi connectivity index (χ0) is 19.7. The van der Waals surface area contributed by atoms with Gasteiger partial charge in [-0.05, 0) is 36.8 Å². The predicted octanol–water partition coefficient (Wildman–Crippen LogP) is 1.27. The molecule has 1 unspecified atom stereocenters. The molecule has 0 saturated carbocycles. The van der Waals surface area contributed by atoms with Crippen LogP contribution in [0, 0.1) is 5.41 Å². The third kappa shape index (κ3) is 6.56. The standard InChI is InChI=1S/C17H19N3O6/c1-2-3-4-12(18)16(24)19-11-7-5-10(6-8-11)15(23)20-13(17(25)26)9-14(21)22/h3-8,13,18H,2,9H2,1H3,(H,19,24)(H,20,23)(H,21,22)(H,25,26). The fraction of sp³-hybridized carbons (Fsp3) is 0.235. The van der Waals surface area contributed by atoms with Crippen molar-refractivity contribution in [2.75, 3.05) is 5.32 Å². The van der Waals surface area contributed by atoms with Crippen molar-refractivity contribution in [3.05, 3.63) is 42.0 Å². The summed E-state index contributed by atoms with van der Waals surface area (Å²) < 4.78 is 0. The molecule has 1 rings (SSSR count). The third-order valence-electron chi connectivity index (χ3n) is 3.15. The number of anilines is 1. The van der Waals surface area contributed by atoms with Crippen molar-refractivity contribution in [1.82, 2.24) is 5.32 Å². The predicted molar refractivity (Wildman–Crippen MR) is 93.4 cm³/mol. The van der Waals surface area contributed by atoms with Gasteiger partial charge in [-0.3, -0.25) is 19.8 Å². The quantitative estimate of drug-likeness (QED) is 0.417. The van der Waals surface area contributed by atoms with Crippen molar-refractivity contribution in [3.63, 3.8) is 0 Å². The number of carbonyl (C=O) groups excluding carboxylic acids is 2. The van der Waals surface area contributed by atoms with Gasteiger partial charge in [-0.15, -0.1) is 0 Å². The van der Waals surface area contributed by atoms with Crippen molar-refractivity contribution < 1.29 is 29.4 Å². The van der Waals surface area contributed by atoms with Gasteiger partial charge in [0.05, 0.1) is 6.42 Å². The first kappa shape index (κ1) is 20.6. The van der Waals surface area contributed by atoms with Crippen LogP contribution >= 0.6 is 0 Å². The average Bonchev–Trinajstić information content (AvgIpc) is 2.59. The summed E-state index contributed by atoms with van der Waals surface area (Å²) >= 11 is 0. The minimum atomic E-state index is -1.55. The number of hydrogen-bond donors (Lipinski definition) is 5. The van der Waals surface area contributed by atoms with Crippen LogP contribution in [0.15, 0.2) is 36.4 Å². The second-order valence-electron chi connectivity index (χ2n) is 5.22. The molecule has 0 saturated heterocycles. The van der Waals surface area contributed by atoms with E-state index in [9.17, 15) is 19.2 Å². The summed E-state index contributed by atoms with van der Waals surface area (Å²) in [6.07, 6.45) is 3.00. The smallest absolute Gasteiger partial charge is 0.326 e. The van der Waals surface area contributed by atoms with E-state index in [1.807, 2.05) is 6.92 Å². The summed E-state index contributed by atoms with van der Waals surface area (Å²) in [6.45, 7) is 1.87. The van der Waals surface area contributed by atoms with Crippen LogP contribution in [0.2, 0.25) is 0 Å². The Morgan fingerprint density at radius 3 is 2.27 bits per heavy atom. The molecular formula is C17H19N3O6. The Bertz CT molecular complexity index is 739. The molecule has 0 aliphatic rings. The molecule has 26 heavy (non-hydrogen) atoms. The SMILES string of the molecule is CCC=CC(=N)C(=O)Nc1ccc(C(=O)NC(CC(=O)O)C(=O)O)cc1. The topological polar surface area (TPSA) is 157 Å². The molecule has 0 fully saturated rings. The molecule has 0 aliphatic heterocycles. The van der Waals surface area contributed by atoms with Crippen LogP contribution in [0.1, 0.15) is 30.1 Å². The van der Waals surface area contributed by atoms with Crippen molar-refractivity contribution in [1.29, 1.82) is 5.41 Å². The maximum absolute atomic E-state index is 12.0. The molecular weight excluding hydrogens is 342 g/mol. The van der Waals surface area contributed by atoms with Gasteiger partial charge in [0.25, 0.3) is 11.8 Å². The van der Waals surface area contributed by atoms with Crippen LogP contribution in [0.3, 0.4) is 0 Å². The first-order chi connectivity index (χ1) is 12.2. The van der Waals surface area contributed by atoms with Crippen LogP contribution < -0.4 is 10.6 Å². The van der Waals surface area contributed by atoms with E-state index in [4.69, 9.17) is 15.6 Å². The van der Waals surface area contributed by atoms with E-state index in [0.29, 0.717) is 12.1 Å². The van der Waals surface area contributed by atoms with Crippen LogP contribution in [-0.2, 0) is 14.4 Å². The van der Waals surface area contributed by atoms with E-state index in [-0.39, 0.29) is 11.3 Å². The van der Waals surface area contributed by atoms with Gasteiger partial charge in [0.1, 0.15) is 11.8 Å². The number of amides is 2. The molecule has 9 heteroatoms. The maximum atomic E-state index is 12.0. The zero-order valence-corrected chi connectivity index (χ0v) is 14.0. The molecule has 1 aromatic rings. The van der Waals surface area contributed by atoms with Gasteiger partial charge >= 0.3 is 11.9 Å². The molecule has 0 aliphatic carbocycles. The largest absolute Gasteiger partial charge is 0.481 e. The molecule has 1 atom stereocenters. The molecule has 5 N–H and O–H groups in total. The van der Waals surface area contributed by atoms with Crippen LogP contribution in [0.25, 0.3) is 0 Å². The first-order valence-corrected chi connectivity index (χ1v) is 7.66. The van der Waals surface area contributed by atoms with E-state index in [0.717, 1.165) is 0 Å². The molecule has 1 aromatic carbocycles. The lowest BCUT2D eigenvalue weighted by molar-refractivity contribution is -0.145. The highest BCUT2D eigenvalue weighted by Crippen LogP contribution is 2.10. The number of nitrogens with one attached hydrogen (secondary N) is 3. The third-order valence-corrected chi connectivity index (χ3v) is 3.15. The van der Waals surface area contributed by atoms with Gasteiger partial charge < -0.3 is 20.8 Å². The number of allylic oxidation sites excluding steroid dienone is 1. The van der Waals surface area contributed by atoms with Crippen molar-refractivity contribution in [2.24, 2.45) is 0 Å². The lowest BCUT2D eigenvalue weighted by Crippen LogP contribution is -2.42. The number of carbonyl (C=O) groups is 4. The Balaban J connectivity index is 2.74. The molecule has 0 radical (unpaired) electrons. The normalized spacial score (nSPS) is 11.6. The van der Waals surface area contributed by atoms with E-state index >= 15 is 0 Å². The van der Waals surface area contributed by atoms with Crippen molar-refractivity contribution in [3.8, 4) is 0 Å². The molecule has 0 bridgehead atoms. The lowest BCUT2D eigenvalue weighted by Gasteiger charge is -2.12. The number of rotatable bonds is 9. The van der Waals surface area contributed by atoms with Crippen molar-refractivity contribution >= 4 is 35.2 Å². The molecule has 0 aromatic heterocycles. The van der Waals surface area contributed by atoms with Gasteiger partial charge in [-0.1, -0.05) is 13.0 Å². The lowest BCUT2D eigenvalue weighted by atomic mass is 10.1. The summed E-state index contributed by atoms with van der Waals surface area (Å²) in [7, 11) is 0. The number of aliphatic carboxylic acids is 2. The zero-order valence-electron chi connectivity index (χ0n) is 14.0. The van der Waals surface area contributed by atoms with Gasteiger partial charge in [0, 0.05) is 11.3 Å². The minimum absolute atomic E-state index is 0.0978. The van der Waals surface area contributed by atoms with Crippen LogP contribution in [0.5, 0.6) is 0 Å². The fourth-order valence-corrected chi connectivity index (χ4v) is 1.83. The summed E-state index contributed by atoms with van der Waals surface area (Å²) in [5.74, 6) is -4.17. The van der Waals surface area contributed by atoms with Gasteiger partial charge in [0.2, 0.25) is 0 Å².